The third-order valence-electron chi connectivity index (χ3n) is 4.76. The molecule has 1 fully saturated rings. The monoisotopic (exact) mass is 391 g/mol. The van der Waals surface area contributed by atoms with Gasteiger partial charge >= 0.3 is 6.03 Å². The number of halogens is 1. The molecule has 1 saturated heterocycles. The van der Waals surface area contributed by atoms with Gasteiger partial charge in [0, 0.05) is 26.2 Å². The molecule has 1 N–H and O–H groups in total. The summed E-state index contributed by atoms with van der Waals surface area (Å²) < 4.78 is 40.7. The molecule has 0 aliphatic carbocycles. The molecule has 2 amide bonds. The zero-order valence-electron chi connectivity index (χ0n) is 15.3. The van der Waals surface area contributed by atoms with Gasteiger partial charge in [-0.15, -0.1) is 0 Å². The largest absolute Gasteiger partial charge is 0.322 e. The number of aryl methyl sites for hydroxylation is 2. The fraction of sp³-hybridized carbons (Fsp3) is 0.316. The first kappa shape index (κ1) is 19.3. The summed E-state index contributed by atoms with van der Waals surface area (Å²) in [6.45, 7) is 4.67. The van der Waals surface area contributed by atoms with E-state index in [0.29, 0.717) is 0 Å². The number of nitrogens with zero attached hydrogens (tertiary/aromatic N) is 2. The summed E-state index contributed by atoms with van der Waals surface area (Å²) >= 11 is 0. The van der Waals surface area contributed by atoms with Crippen LogP contribution in [0.4, 0.5) is 14.9 Å². The van der Waals surface area contributed by atoms with Crippen LogP contribution in [0, 0.1) is 19.7 Å². The minimum absolute atomic E-state index is 0.104. The van der Waals surface area contributed by atoms with E-state index in [1.807, 2.05) is 13.8 Å². The molecular formula is C19H22FN3O3S. The first-order chi connectivity index (χ1) is 12.8. The molecular weight excluding hydrogens is 369 g/mol. The molecule has 0 bridgehead atoms. The Hall–Kier alpha value is -2.45. The van der Waals surface area contributed by atoms with Crippen LogP contribution in [0.3, 0.4) is 0 Å². The number of nitrogens with one attached hydrogen (secondary N) is 1. The Kier molecular flexibility index (Phi) is 5.48. The lowest BCUT2D eigenvalue weighted by Crippen LogP contribution is -2.51. The predicted molar refractivity (Wildman–Crippen MR) is 102 cm³/mol. The van der Waals surface area contributed by atoms with Gasteiger partial charge in [0.25, 0.3) is 0 Å². The van der Waals surface area contributed by atoms with Gasteiger partial charge in [-0.3, -0.25) is 0 Å². The van der Waals surface area contributed by atoms with E-state index in [2.05, 4.69) is 5.32 Å². The van der Waals surface area contributed by atoms with Crippen molar-refractivity contribution in [2.75, 3.05) is 31.5 Å². The molecule has 0 radical (unpaired) electrons. The molecule has 0 saturated carbocycles. The molecule has 6 nitrogen and oxygen atoms in total. The van der Waals surface area contributed by atoms with E-state index in [-0.39, 0.29) is 36.8 Å². The van der Waals surface area contributed by atoms with Gasteiger partial charge in [0.15, 0.2) is 0 Å². The Balaban J connectivity index is 1.65. The van der Waals surface area contributed by atoms with E-state index >= 15 is 0 Å². The second kappa shape index (κ2) is 7.66. The molecule has 27 heavy (non-hydrogen) atoms. The van der Waals surface area contributed by atoms with Crippen LogP contribution in [0.5, 0.6) is 0 Å². The highest BCUT2D eigenvalue weighted by Crippen LogP contribution is 2.21. The molecule has 3 rings (SSSR count). The Labute approximate surface area is 158 Å². The van der Waals surface area contributed by atoms with Gasteiger partial charge in [0.1, 0.15) is 5.82 Å². The summed E-state index contributed by atoms with van der Waals surface area (Å²) in [7, 11) is -3.60. The first-order valence-electron chi connectivity index (χ1n) is 8.67. The second-order valence-corrected chi connectivity index (χ2v) is 8.49. The zero-order valence-corrected chi connectivity index (χ0v) is 16.1. The van der Waals surface area contributed by atoms with Crippen molar-refractivity contribution in [3.63, 3.8) is 0 Å². The third-order valence-corrected chi connectivity index (χ3v) is 6.65. The lowest BCUT2D eigenvalue weighted by Gasteiger charge is -2.34. The number of piperazine rings is 1. The van der Waals surface area contributed by atoms with Gasteiger partial charge in [0.2, 0.25) is 10.0 Å². The van der Waals surface area contributed by atoms with E-state index in [1.54, 1.807) is 30.3 Å². The van der Waals surface area contributed by atoms with Gasteiger partial charge in [-0.05, 0) is 49.2 Å². The summed E-state index contributed by atoms with van der Waals surface area (Å²) in [6.07, 6.45) is 0. The number of urea groups is 1. The number of para-hydroxylation sites is 1. The van der Waals surface area contributed by atoms with Crippen LogP contribution in [0.25, 0.3) is 0 Å². The van der Waals surface area contributed by atoms with Crippen molar-refractivity contribution in [2.24, 2.45) is 0 Å². The van der Waals surface area contributed by atoms with E-state index in [9.17, 15) is 17.6 Å². The van der Waals surface area contributed by atoms with Crippen molar-refractivity contribution >= 4 is 21.7 Å². The van der Waals surface area contributed by atoms with Crippen molar-refractivity contribution in [1.29, 1.82) is 0 Å². The maximum atomic E-state index is 13.7. The summed E-state index contributed by atoms with van der Waals surface area (Å²) in [5.41, 5.74) is 2.05. The highest BCUT2D eigenvalue weighted by Gasteiger charge is 2.30. The molecule has 0 unspecified atom stereocenters. The van der Waals surface area contributed by atoms with Gasteiger partial charge in [-0.1, -0.05) is 18.2 Å². The molecule has 8 heteroatoms. The van der Waals surface area contributed by atoms with Gasteiger partial charge < -0.3 is 10.2 Å². The summed E-state index contributed by atoms with van der Waals surface area (Å²) in [5.74, 6) is -0.512. The van der Waals surface area contributed by atoms with Crippen LogP contribution in [0.1, 0.15) is 11.1 Å². The molecule has 0 aromatic heterocycles. The highest BCUT2D eigenvalue weighted by molar-refractivity contribution is 7.89. The van der Waals surface area contributed by atoms with Gasteiger partial charge in [-0.2, -0.15) is 4.31 Å². The molecule has 1 aliphatic rings. The summed E-state index contributed by atoms with van der Waals surface area (Å²) in [5, 5.41) is 2.52. The minimum Gasteiger partial charge on any atom is -0.322 e. The van der Waals surface area contributed by atoms with E-state index in [4.69, 9.17) is 0 Å². The van der Waals surface area contributed by atoms with Crippen LogP contribution in [0.15, 0.2) is 47.4 Å². The maximum absolute atomic E-state index is 13.7. The average Bonchev–Trinajstić information content (AvgIpc) is 2.65. The van der Waals surface area contributed by atoms with Crippen molar-refractivity contribution in [3.05, 3.63) is 59.4 Å². The average molecular weight is 391 g/mol. The molecule has 1 aliphatic heterocycles. The maximum Gasteiger partial charge on any atom is 0.322 e. The summed E-state index contributed by atoms with van der Waals surface area (Å²) in [4.78, 5) is 14.1. The predicted octanol–water partition coefficient (Wildman–Crippen LogP) is 2.98. The van der Waals surface area contributed by atoms with Crippen molar-refractivity contribution < 1.29 is 17.6 Å². The topological polar surface area (TPSA) is 69.7 Å². The highest BCUT2D eigenvalue weighted by atomic mass is 32.2. The lowest BCUT2D eigenvalue weighted by molar-refractivity contribution is 0.184. The number of carbonyl (C=O) groups excluding carboxylic acids is 1. The standard InChI is InChI=1S/C19H22FN3O3S/c1-14-7-8-16(13-15(14)2)27(25,26)23-11-9-22(10-12-23)19(24)21-18-6-4-3-5-17(18)20/h3-8,13H,9-12H2,1-2H3,(H,21,24). The lowest BCUT2D eigenvalue weighted by atomic mass is 10.1. The van der Waals surface area contributed by atoms with E-state index in [0.717, 1.165) is 11.1 Å². The smallest absolute Gasteiger partial charge is 0.322 e. The quantitative estimate of drug-likeness (QED) is 0.875. The number of rotatable bonds is 3. The van der Waals surface area contributed by atoms with Crippen molar-refractivity contribution in [1.82, 2.24) is 9.21 Å². The number of amides is 2. The number of carbonyl (C=O) groups is 1. The zero-order chi connectivity index (χ0) is 19.6. The summed E-state index contributed by atoms with van der Waals surface area (Å²) in [6, 6.07) is 10.5. The Bertz CT molecular complexity index is 954. The number of hydrogen-bond donors (Lipinski definition) is 1. The van der Waals surface area contributed by atoms with Crippen LogP contribution in [-0.2, 0) is 10.0 Å². The first-order valence-corrected chi connectivity index (χ1v) is 10.1. The third kappa shape index (κ3) is 4.12. The van der Waals surface area contributed by atoms with Crippen molar-refractivity contribution in [3.8, 4) is 0 Å². The Morgan fingerprint density at radius 1 is 1.00 bits per heavy atom. The Morgan fingerprint density at radius 2 is 1.67 bits per heavy atom. The molecule has 2 aromatic rings. The number of hydrogen-bond acceptors (Lipinski definition) is 3. The molecule has 0 spiro atoms. The fourth-order valence-corrected chi connectivity index (χ4v) is 4.42. The van der Waals surface area contributed by atoms with Crippen molar-refractivity contribution in [2.45, 2.75) is 18.7 Å². The Morgan fingerprint density at radius 3 is 2.30 bits per heavy atom. The number of sulfonamides is 1. The number of benzene rings is 2. The SMILES string of the molecule is Cc1ccc(S(=O)(=O)N2CCN(C(=O)Nc3ccccc3F)CC2)cc1C. The van der Waals surface area contributed by atoms with Gasteiger partial charge in [-0.25, -0.2) is 17.6 Å². The van der Waals surface area contributed by atoms with E-state index in [1.165, 1.54) is 21.3 Å². The van der Waals surface area contributed by atoms with Crippen LogP contribution < -0.4 is 5.32 Å². The fourth-order valence-electron chi connectivity index (χ4n) is 2.91. The van der Waals surface area contributed by atoms with Crippen LogP contribution in [-0.4, -0.2) is 49.8 Å². The molecule has 1 heterocycles. The van der Waals surface area contributed by atoms with Gasteiger partial charge in [0.05, 0.1) is 10.6 Å². The minimum atomic E-state index is -3.60. The van der Waals surface area contributed by atoms with Crippen LogP contribution in [0.2, 0.25) is 0 Å². The molecule has 144 valence electrons. The van der Waals surface area contributed by atoms with E-state index < -0.39 is 21.9 Å². The number of anilines is 1. The normalized spacial score (nSPS) is 15.6. The molecule has 2 aromatic carbocycles. The van der Waals surface area contributed by atoms with Crippen LogP contribution >= 0.6 is 0 Å². The second-order valence-electron chi connectivity index (χ2n) is 6.55. The molecule has 0 atom stereocenters.